The number of fused-ring (bicyclic) bond motifs is 1. The number of thiophene rings is 1. The van der Waals surface area contributed by atoms with E-state index in [0.717, 1.165) is 22.4 Å². The molecule has 1 aliphatic carbocycles. The van der Waals surface area contributed by atoms with E-state index < -0.39 is 0 Å². The van der Waals surface area contributed by atoms with Crippen molar-refractivity contribution in [3.8, 4) is 5.75 Å². The summed E-state index contributed by atoms with van der Waals surface area (Å²) in [6, 6.07) is 7.94. The van der Waals surface area contributed by atoms with Gasteiger partial charge in [-0.3, -0.25) is 4.79 Å². The van der Waals surface area contributed by atoms with Crippen LogP contribution in [0.3, 0.4) is 0 Å². The molecule has 0 bridgehead atoms. The van der Waals surface area contributed by atoms with Gasteiger partial charge in [-0.25, -0.2) is 0 Å². The van der Waals surface area contributed by atoms with E-state index in [4.69, 9.17) is 10.5 Å². The maximum Gasteiger partial charge on any atom is 0.261 e. The Morgan fingerprint density at radius 2 is 2.18 bits per heavy atom. The van der Waals surface area contributed by atoms with Gasteiger partial charge in [0.05, 0.1) is 11.5 Å². The van der Waals surface area contributed by atoms with Crippen molar-refractivity contribution < 1.29 is 9.53 Å². The first kappa shape index (κ1) is 15.3. The minimum atomic E-state index is -0.0617. The second kappa shape index (κ2) is 7.11. The predicted molar refractivity (Wildman–Crippen MR) is 90.7 cm³/mol. The number of nitrogens with one attached hydrogen (secondary N) is 1. The van der Waals surface area contributed by atoms with Crippen molar-refractivity contribution in [3.05, 3.63) is 29.1 Å². The Morgan fingerprint density at radius 1 is 1.36 bits per heavy atom. The molecule has 5 heteroatoms. The fraction of sp³-hybridized carbons (Fsp3) is 0.471. The molecular weight excluding hydrogens is 296 g/mol. The molecule has 1 fully saturated rings. The third-order valence-electron chi connectivity index (χ3n) is 4.12. The molecule has 3 rings (SSSR count). The van der Waals surface area contributed by atoms with Gasteiger partial charge in [-0.15, -0.1) is 11.3 Å². The second-order valence-electron chi connectivity index (χ2n) is 5.78. The van der Waals surface area contributed by atoms with Crippen LogP contribution in [0.25, 0.3) is 10.1 Å². The molecule has 1 aliphatic rings. The van der Waals surface area contributed by atoms with Gasteiger partial charge in [0.2, 0.25) is 0 Å². The summed E-state index contributed by atoms with van der Waals surface area (Å²) in [5, 5.41) is 3.84. The van der Waals surface area contributed by atoms with E-state index >= 15 is 0 Å². The van der Waals surface area contributed by atoms with Crippen LogP contribution in [0.15, 0.2) is 24.3 Å². The Labute approximate surface area is 134 Å². The van der Waals surface area contributed by atoms with Gasteiger partial charge in [0.1, 0.15) is 5.75 Å². The third kappa shape index (κ3) is 3.42. The van der Waals surface area contributed by atoms with Crippen LogP contribution in [-0.2, 0) is 0 Å². The average Bonchev–Trinajstić information content (AvgIpc) is 3.19. The molecule has 0 spiro atoms. The third-order valence-corrected chi connectivity index (χ3v) is 5.22. The summed E-state index contributed by atoms with van der Waals surface area (Å²) in [7, 11) is 0. The molecule has 2 aromatic rings. The van der Waals surface area contributed by atoms with Crippen molar-refractivity contribution in [3.63, 3.8) is 0 Å². The molecule has 1 aromatic heterocycles. The van der Waals surface area contributed by atoms with Crippen molar-refractivity contribution in [2.45, 2.75) is 25.7 Å². The monoisotopic (exact) mass is 318 g/mol. The van der Waals surface area contributed by atoms with E-state index in [0.29, 0.717) is 23.9 Å². The topological polar surface area (TPSA) is 64.3 Å². The normalized spacial score (nSPS) is 15.3. The molecule has 0 saturated heterocycles. The molecule has 1 amide bonds. The number of ether oxygens (including phenoxy) is 1. The molecule has 1 saturated carbocycles. The zero-order valence-electron chi connectivity index (χ0n) is 12.6. The molecule has 1 heterocycles. The average molecular weight is 318 g/mol. The Bertz CT molecular complexity index is 647. The standard InChI is InChI=1S/C17H22N2O2S/c18-8-9-19-17(20)16-10-13-14(6-3-7-15(13)22-16)21-11-12-4-1-2-5-12/h3,6-7,10,12H,1-2,4-5,8-9,11,18H2,(H,19,20). The largest absolute Gasteiger partial charge is 0.493 e. The number of benzene rings is 1. The Kier molecular flexibility index (Phi) is 4.95. The van der Waals surface area contributed by atoms with E-state index in [1.54, 1.807) is 0 Å². The first-order valence-corrected chi connectivity index (χ1v) is 8.73. The summed E-state index contributed by atoms with van der Waals surface area (Å²) in [5.74, 6) is 1.51. The van der Waals surface area contributed by atoms with E-state index in [2.05, 4.69) is 5.32 Å². The molecule has 0 unspecified atom stereocenters. The number of nitrogens with two attached hydrogens (primary N) is 1. The van der Waals surface area contributed by atoms with Gasteiger partial charge in [0.15, 0.2) is 0 Å². The summed E-state index contributed by atoms with van der Waals surface area (Å²) in [6.45, 7) is 1.73. The van der Waals surface area contributed by atoms with Gasteiger partial charge < -0.3 is 15.8 Å². The van der Waals surface area contributed by atoms with Crippen molar-refractivity contribution >= 4 is 27.3 Å². The molecule has 0 atom stereocenters. The molecule has 22 heavy (non-hydrogen) atoms. The fourth-order valence-corrected chi connectivity index (χ4v) is 3.92. The SMILES string of the molecule is NCCNC(=O)c1cc2c(OCC3CCCC3)cccc2s1. The lowest BCUT2D eigenvalue weighted by Gasteiger charge is -2.11. The number of hydrogen-bond donors (Lipinski definition) is 2. The molecule has 0 radical (unpaired) electrons. The maximum absolute atomic E-state index is 12.1. The summed E-state index contributed by atoms with van der Waals surface area (Å²) in [5.41, 5.74) is 5.42. The van der Waals surface area contributed by atoms with Crippen LogP contribution in [0.4, 0.5) is 0 Å². The molecule has 0 aliphatic heterocycles. The van der Waals surface area contributed by atoms with Crippen molar-refractivity contribution in [1.29, 1.82) is 0 Å². The van der Waals surface area contributed by atoms with E-state index in [-0.39, 0.29) is 5.91 Å². The highest BCUT2D eigenvalue weighted by atomic mass is 32.1. The van der Waals surface area contributed by atoms with Gasteiger partial charge >= 0.3 is 0 Å². The first-order chi connectivity index (χ1) is 10.8. The van der Waals surface area contributed by atoms with E-state index in [9.17, 15) is 4.79 Å². The van der Waals surface area contributed by atoms with Gasteiger partial charge in [-0.1, -0.05) is 18.9 Å². The lowest BCUT2D eigenvalue weighted by atomic mass is 10.1. The van der Waals surface area contributed by atoms with Crippen molar-refractivity contribution in [2.75, 3.05) is 19.7 Å². The Morgan fingerprint density at radius 3 is 2.95 bits per heavy atom. The highest BCUT2D eigenvalue weighted by Gasteiger charge is 2.17. The predicted octanol–water partition coefficient (Wildman–Crippen LogP) is 3.16. The van der Waals surface area contributed by atoms with Crippen molar-refractivity contribution in [2.24, 2.45) is 11.7 Å². The van der Waals surface area contributed by atoms with Crippen LogP contribution < -0.4 is 15.8 Å². The van der Waals surface area contributed by atoms with Crippen LogP contribution in [0.1, 0.15) is 35.4 Å². The van der Waals surface area contributed by atoms with Crippen LogP contribution in [0, 0.1) is 5.92 Å². The molecule has 118 valence electrons. The van der Waals surface area contributed by atoms with Gasteiger partial charge in [-0.2, -0.15) is 0 Å². The Hall–Kier alpha value is -1.59. The molecule has 4 nitrogen and oxygen atoms in total. The van der Waals surface area contributed by atoms with Crippen LogP contribution in [0.5, 0.6) is 5.75 Å². The lowest BCUT2D eigenvalue weighted by Crippen LogP contribution is -2.28. The Balaban J connectivity index is 1.75. The first-order valence-electron chi connectivity index (χ1n) is 7.91. The maximum atomic E-state index is 12.1. The molecular formula is C17H22N2O2S. The minimum Gasteiger partial charge on any atom is -0.493 e. The van der Waals surface area contributed by atoms with E-state index in [1.807, 2.05) is 24.3 Å². The quantitative estimate of drug-likeness (QED) is 0.860. The summed E-state index contributed by atoms with van der Waals surface area (Å²) < 4.78 is 7.12. The van der Waals surface area contributed by atoms with Gasteiger partial charge in [0, 0.05) is 23.2 Å². The number of amides is 1. The highest BCUT2D eigenvalue weighted by molar-refractivity contribution is 7.20. The second-order valence-corrected chi connectivity index (χ2v) is 6.87. The lowest BCUT2D eigenvalue weighted by molar-refractivity contribution is 0.0959. The van der Waals surface area contributed by atoms with Gasteiger partial charge in [0.25, 0.3) is 5.91 Å². The number of carbonyl (C=O) groups excluding carboxylic acids is 1. The van der Waals surface area contributed by atoms with Crippen molar-refractivity contribution in [1.82, 2.24) is 5.32 Å². The number of rotatable bonds is 6. The van der Waals surface area contributed by atoms with Gasteiger partial charge in [-0.05, 0) is 37.0 Å². The van der Waals surface area contributed by atoms with E-state index in [1.165, 1.54) is 37.0 Å². The molecule has 1 aromatic carbocycles. The van der Waals surface area contributed by atoms with Crippen LogP contribution in [-0.4, -0.2) is 25.6 Å². The number of hydrogen-bond acceptors (Lipinski definition) is 4. The summed E-state index contributed by atoms with van der Waals surface area (Å²) in [4.78, 5) is 12.8. The number of carbonyl (C=O) groups is 1. The summed E-state index contributed by atoms with van der Waals surface area (Å²) >= 11 is 1.50. The smallest absolute Gasteiger partial charge is 0.261 e. The van der Waals surface area contributed by atoms with Crippen LogP contribution >= 0.6 is 11.3 Å². The zero-order chi connectivity index (χ0) is 15.4. The van der Waals surface area contributed by atoms with Crippen LogP contribution in [0.2, 0.25) is 0 Å². The molecule has 3 N–H and O–H groups in total. The summed E-state index contributed by atoms with van der Waals surface area (Å²) in [6.07, 6.45) is 5.18. The fourth-order valence-electron chi connectivity index (χ4n) is 2.93. The zero-order valence-corrected chi connectivity index (χ0v) is 13.5. The highest BCUT2D eigenvalue weighted by Crippen LogP contribution is 2.34. The minimum absolute atomic E-state index is 0.0617.